The molecule has 5 nitrogen and oxygen atoms in total. The van der Waals surface area contributed by atoms with Crippen molar-refractivity contribution in [3.63, 3.8) is 0 Å². The molecule has 0 amide bonds. The quantitative estimate of drug-likeness (QED) is 0.442. The normalized spacial score (nSPS) is 12.1. The van der Waals surface area contributed by atoms with Crippen LogP contribution in [0.25, 0.3) is 22.3 Å². The van der Waals surface area contributed by atoms with Crippen LogP contribution in [0, 0.1) is 0 Å². The van der Waals surface area contributed by atoms with Crippen molar-refractivity contribution < 1.29 is 9.30 Å². The molecule has 4 aromatic rings. The molecule has 0 aliphatic heterocycles. The molecule has 30 heavy (non-hydrogen) atoms. The van der Waals surface area contributed by atoms with E-state index in [0.717, 1.165) is 18.5 Å². The van der Waals surface area contributed by atoms with Gasteiger partial charge in [0.05, 0.1) is 16.5 Å². The van der Waals surface area contributed by atoms with Crippen LogP contribution in [-0.2, 0) is 6.54 Å². The molecule has 0 fully saturated rings. The number of hydrogen-bond acceptors (Lipinski definition) is 3. The van der Waals surface area contributed by atoms with Gasteiger partial charge in [0, 0.05) is 29.1 Å². The van der Waals surface area contributed by atoms with Gasteiger partial charge in [0.15, 0.2) is 12.4 Å². The Morgan fingerprint density at radius 2 is 1.90 bits per heavy atom. The van der Waals surface area contributed by atoms with Gasteiger partial charge < -0.3 is 9.72 Å². The standard InChI is InChI=1S/C24H22ClN3O2/c1-3-12-28-13-10-17(11-14-28)16(2)30-22-9-8-18(25)15-20(22)23-26-21-7-5-4-6-19(21)24(29)27-23/h4-11,13-16H,3,12H2,1-2H3/p+1. The monoisotopic (exact) mass is 420 g/mol. The number of para-hydroxylation sites is 1. The fraction of sp³-hybridized carbons (Fsp3) is 0.208. The van der Waals surface area contributed by atoms with Gasteiger partial charge in [0.2, 0.25) is 0 Å². The number of hydrogen-bond donors (Lipinski definition) is 1. The Labute approximate surface area is 179 Å². The number of aryl methyl sites for hydroxylation is 1. The predicted octanol–water partition coefficient (Wildman–Crippen LogP) is 5.08. The lowest BCUT2D eigenvalue weighted by Crippen LogP contribution is -2.32. The number of aromatic nitrogens is 3. The summed E-state index contributed by atoms with van der Waals surface area (Å²) < 4.78 is 8.41. The third kappa shape index (κ3) is 4.21. The predicted molar refractivity (Wildman–Crippen MR) is 119 cm³/mol. The van der Waals surface area contributed by atoms with E-state index in [4.69, 9.17) is 16.3 Å². The zero-order valence-electron chi connectivity index (χ0n) is 16.9. The van der Waals surface area contributed by atoms with Gasteiger partial charge in [-0.15, -0.1) is 0 Å². The highest BCUT2D eigenvalue weighted by Crippen LogP contribution is 2.33. The second-order valence-corrected chi connectivity index (χ2v) is 7.64. The minimum absolute atomic E-state index is 0.187. The Bertz CT molecular complexity index is 1240. The highest BCUT2D eigenvalue weighted by molar-refractivity contribution is 6.30. The van der Waals surface area contributed by atoms with E-state index in [0.29, 0.717) is 33.1 Å². The summed E-state index contributed by atoms with van der Waals surface area (Å²) in [5, 5.41) is 1.09. The first-order valence-corrected chi connectivity index (χ1v) is 10.4. The maximum atomic E-state index is 12.5. The third-order valence-corrected chi connectivity index (χ3v) is 5.22. The smallest absolute Gasteiger partial charge is 0.259 e. The van der Waals surface area contributed by atoms with Crippen molar-refractivity contribution in [1.29, 1.82) is 0 Å². The number of nitrogens with one attached hydrogen (secondary N) is 1. The molecule has 2 aromatic carbocycles. The van der Waals surface area contributed by atoms with E-state index in [9.17, 15) is 4.79 Å². The second-order valence-electron chi connectivity index (χ2n) is 7.20. The minimum atomic E-state index is -0.196. The van der Waals surface area contributed by atoms with Gasteiger partial charge in [-0.3, -0.25) is 4.79 Å². The zero-order valence-corrected chi connectivity index (χ0v) is 17.7. The Balaban J connectivity index is 1.70. The fourth-order valence-corrected chi connectivity index (χ4v) is 3.58. The van der Waals surface area contributed by atoms with Gasteiger partial charge in [-0.25, -0.2) is 9.55 Å². The molecule has 152 valence electrons. The molecule has 1 atom stereocenters. The molecule has 0 aliphatic carbocycles. The van der Waals surface area contributed by atoms with Crippen molar-refractivity contribution in [3.05, 3.63) is 87.9 Å². The molecule has 0 aliphatic rings. The number of nitrogens with zero attached hydrogens (tertiary/aromatic N) is 2. The van der Waals surface area contributed by atoms with Crippen LogP contribution in [0.1, 0.15) is 31.9 Å². The largest absolute Gasteiger partial charge is 0.485 e. The SMILES string of the molecule is CCC[n+]1ccc(C(C)Oc2ccc(Cl)cc2-c2nc3ccccc3c(=O)[nH]2)cc1. The summed E-state index contributed by atoms with van der Waals surface area (Å²) in [6, 6.07) is 16.7. The van der Waals surface area contributed by atoms with Gasteiger partial charge in [-0.05, 0) is 37.3 Å². The number of halogens is 1. The van der Waals surface area contributed by atoms with Crippen molar-refractivity contribution in [2.45, 2.75) is 32.9 Å². The van der Waals surface area contributed by atoms with Crippen LogP contribution in [0.4, 0.5) is 0 Å². The van der Waals surface area contributed by atoms with Crippen LogP contribution in [0.15, 0.2) is 71.8 Å². The Morgan fingerprint density at radius 3 is 2.67 bits per heavy atom. The van der Waals surface area contributed by atoms with Gasteiger partial charge in [0.1, 0.15) is 24.2 Å². The molecule has 1 N–H and O–H groups in total. The van der Waals surface area contributed by atoms with Crippen molar-refractivity contribution in [3.8, 4) is 17.1 Å². The maximum Gasteiger partial charge on any atom is 0.259 e. The minimum Gasteiger partial charge on any atom is -0.485 e. The van der Waals surface area contributed by atoms with Gasteiger partial charge in [-0.2, -0.15) is 0 Å². The summed E-state index contributed by atoms with van der Waals surface area (Å²) in [4.78, 5) is 20.0. The molecular formula is C24H23ClN3O2+. The second kappa shape index (κ2) is 8.67. The molecule has 2 aromatic heterocycles. The molecule has 0 radical (unpaired) electrons. The lowest BCUT2D eigenvalue weighted by Gasteiger charge is -2.17. The Kier molecular flexibility index (Phi) is 5.81. The van der Waals surface area contributed by atoms with E-state index in [1.807, 2.05) is 31.2 Å². The van der Waals surface area contributed by atoms with E-state index in [-0.39, 0.29) is 11.7 Å². The van der Waals surface area contributed by atoms with Crippen LogP contribution < -0.4 is 14.9 Å². The van der Waals surface area contributed by atoms with Gasteiger partial charge >= 0.3 is 0 Å². The van der Waals surface area contributed by atoms with E-state index < -0.39 is 0 Å². The number of fused-ring (bicyclic) bond motifs is 1. The summed E-state index contributed by atoms with van der Waals surface area (Å²) in [5.74, 6) is 1.04. The molecule has 2 heterocycles. The lowest BCUT2D eigenvalue weighted by atomic mass is 10.1. The summed E-state index contributed by atoms with van der Waals surface area (Å²) in [6.07, 6.45) is 5.02. The Hall–Kier alpha value is -3.18. The maximum absolute atomic E-state index is 12.5. The highest BCUT2D eigenvalue weighted by atomic mass is 35.5. The summed E-state index contributed by atoms with van der Waals surface area (Å²) in [5.41, 5.74) is 2.13. The number of ether oxygens (including phenoxy) is 1. The van der Waals surface area contributed by atoms with Crippen molar-refractivity contribution in [2.75, 3.05) is 0 Å². The Morgan fingerprint density at radius 1 is 1.13 bits per heavy atom. The molecule has 0 bridgehead atoms. The lowest BCUT2D eigenvalue weighted by molar-refractivity contribution is -0.697. The first-order chi connectivity index (χ1) is 14.5. The molecule has 0 spiro atoms. The number of rotatable bonds is 6. The third-order valence-electron chi connectivity index (χ3n) is 4.98. The summed E-state index contributed by atoms with van der Waals surface area (Å²) in [6.45, 7) is 5.13. The van der Waals surface area contributed by atoms with Crippen LogP contribution >= 0.6 is 11.6 Å². The van der Waals surface area contributed by atoms with Crippen LogP contribution in [0.5, 0.6) is 5.75 Å². The molecule has 6 heteroatoms. The number of H-pyrrole nitrogens is 1. The number of benzene rings is 2. The van der Waals surface area contributed by atoms with Crippen molar-refractivity contribution >= 4 is 22.5 Å². The number of aromatic amines is 1. The first kappa shape index (κ1) is 20.1. The highest BCUT2D eigenvalue weighted by Gasteiger charge is 2.16. The van der Waals surface area contributed by atoms with Gasteiger partial charge in [-0.1, -0.05) is 30.7 Å². The number of pyridine rings is 1. The fourth-order valence-electron chi connectivity index (χ4n) is 3.41. The molecule has 4 rings (SSSR count). The first-order valence-electron chi connectivity index (χ1n) is 10.00. The molecule has 1 unspecified atom stereocenters. The van der Waals surface area contributed by atoms with E-state index in [1.54, 1.807) is 18.2 Å². The molecule has 0 saturated heterocycles. The summed E-state index contributed by atoms with van der Waals surface area (Å²) in [7, 11) is 0. The van der Waals surface area contributed by atoms with Gasteiger partial charge in [0.25, 0.3) is 5.56 Å². The van der Waals surface area contributed by atoms with Crippen LogP contribution in [0.3, 0.4) is 0 Å². The van der Waals surface area contributed by atoms with E-state index >= 15 is 0 Å². The molecule has 0 saturated carbocycles. The van der Waals surface area contributed by atoms with Crippen LogP contribution in [0.2, 0.25) is 5.02 Å². The zero-order chi connectivity index (χ0) is 21.1. The topological polar surface area (TPSA) is 58.9 Å². The van der Waals surface area contributed by atoms with E-state index in [2.05, 4.69) is 46.0 Å². The van der Waals surface area contributed by atoms with Crippen LogP contribution in [-0.4, -0.2) is 9.97 Å². The molecular weight excluding hydrogens is 398 g/mol. The van der Waals surface area contributed by atoms with Crippen molar-refractivity contribution in [1.82, 2.24) is 9.97 Å². The van der Waals surface area contributed by atoms with E-state index in [1.165, 1.54) is 0 Å². The van der Waals surface area contributed by atoms with Crippen molar-refractivity contribution in [2.24, 2.45) is 0 Å². The average molecular weight is 421 g/mol. The summed E-state index contributed by atoms with van der Waals surface area (Å²) >= 11 is 6.25. The average Bonchev–Trinajstić information content (AvgIpc) is 2.75.